The fourth-order valence-electron chi connectivity index (χ4n) is 3.07. The van der Waals surface area contributed by atoms with E-state index < -0.39 is 0 Å². The zero-order chi connectivity index (χ0) is 22.1. The number of carbonyl (C=O) groups is 2. The molecule has 0 unspecified atom stereocenters. The van der Waals surface area contributed by atoms with Crippen LogP contribution in [0.15, 0.2) is 59.5 Å². The smallest absolute Gasteiger partial charge is 0.245 e. The monoisotopic (exact) mass is 420 g/mol. The summed E-state index contributed by atoms with van der Waals surface area (Å²) in [5.74, 6) is 3.53. The molecule has 2 aromatic heterocycles. The van der Waals surface area contributed by atoms with E-state index in [0.717, 1.165) is 11.3 Å². The van der Waals surface area contributed by atoms with E-state index >= 15 is 0 Å². The van der Waals surface area contributed by atoms with Gasteiger partial charge in [-0.3, -0.25) is 14.3 Å². The quantitative estimate of drug-likeness (QED) is 0.510. The second-order valence-electron chi connectivity index (χ2n) is 6.82. The van der Waals surface area contributed by atoms with Crippen LogP contribution in [0.3, 0.4) is 0 Å². The van der Waals surface area contributed by atoms with E-state index in [-0.39, 0.29) is 31.4 Å². The number of aryl methyl sites for hydroxylation is 1. The van der Waals surface area contributed by atoms with Crippen molar-refractivity contribution in [2.45, 2.75) is 25.9 Å². The van der Waals surface area contributed by atoms with E-state index in [1.165, 1.54) is 15.8 Å². The zero-order valence-electron chi connectivity index (χ0n) is 17.3. The Balaban J connectivity index is 1.52. The van der Waals surface area contributed by atoms with Crippen LogP contribution >= 0.6 is 0 Å². The van der Waals surface area contributed by atoms with Gasteiger partial charge in [0.25, 0.3) is 0 Å². The predicted octanol–water partition coefficient (Wildman–Crippen LogP) is 2.72. The molecule has 0 spiro atoms. The number of rotatable bonds is 10. The van der Waals surface area contributed by atoms with Crippen molar-refractivity contribution in [1.29, 1.82) is 0 Å². The Morgan fingerprint density at radius 2 is 2.13 bits per heavy atom. The molecule has 8 nitrogen and oxygen atoms in total. The molecule has 3 rings (SSSR count). The molecule has 8 heteroatoms. The molecule has 2 heterocycles. The highest BCUT2D eigenvalue weighted by Crippen LogP contribution is 2.19. The standard InChI is InChI=1S/C23H24N4O4/c1-3-12-26(16-20-8-6-13-31-20)23(29)17-27-15-19(14-24-27)25-22(28)11-10-18-7-4-5-9-21(18)30-2/h1,4-9,13-15H,10-12,16-17H2,2H3,(H,25,28). The number of amides is 2. The first-order chi connectivity index (χ1) is 15.1. The number of nitrogens with one attached hydrogen (secondary N) is 1. The fraction of sp³-hybridized carbons (Fsp3) is 0.261. The molecule has 1 aromatic carbocycles. The lowest BCUT2D eigenvalue weighted by Gasteiger charge is -2.18. The van der Waals surface area contributed by atoms with Crippen molar-refractivity contribution in [3.05, 3.63) is 66.4 Å². The van der Waals surface area contributed by atoms with Crippen molar-refractivity contribution in [1.82, 2.24) is 14.7 Å². The summed E-state index contributed by atoms with van der Waals surface area (Å²) in [5, 5.41) is 6.95. The first-order valence-electron chi connectivity index (χ1n) is 9.77. The van der Waals surface area contributed by atoms with Crippen molar-refractivity contribution < 1.29 is 18.7 Å². The minimum atomic E-state index is -0.202. The highest BCUT2D eigenvalue weighted by molar-refractivity contribution is 5.90. The molecule has 0 saturated heterocycles. The van der Waals surface area contributed by atoms with E-state index in [9.17, 15) is 9.59 Å². The number of hydrogen-bond acceptors (Lipinski definition) is 5. The molecule has 0 bridgehead atoms. The normalized spacial score (nSPS) is 10.3. The number of carbonyl (C=O) groups excluding carboxylic acids is 2. The van der Waals surface area contributed by atoms with Gasteiger partial charge < -0.3 is 19.4 Å². The predicted molar refractivity (Wildman–Crippen MR) is 115 cm³/mol. The van der Waals surface area contributed by atoms with Crippen molar-refractivity contribution in [2.24, 2.45) is 0 Å². The SMILES string of the molecule is C#CCN(Cc1ccco1)C(=O)Cn1cc(NC(=O)CCc2ccccc2OC)cn1. The van der Waals surface area contributed by atoms with E-state index in [2.05, 4.69) is 16.3 Å². The third-order valence-corrected chi connectivity index (χ3v) is 4.59. The Morgan fingerprint density at radius 1 is 1.29 bits per heavy atom. The number of furan rings is 1. The van der Waals surface area contributed by atoms with Gasteiger partial charge in [-0.2, -0.15) is 5.10 Å². The summed E-state index contributed by atoms with van der Waals surface area (Å²) >= 11 is 0. The summed E-state index contributed by atoms with van der Waals surface area (Å²) in [6.45, 7) is 0.441. The number of hydrogen-bond donors (Lipinski definition) is 1. The van der Waals surface area contributed by atoms with Gasteiger partial charge in [-0.05, 0) is 30.2 Å². The van der Waals surface area contributed by atoms with Gasteiger partial charge in [0.1, 0.15) is 18.1 Å². The lowest BCUT2D eigenvalue weighted by atomic mass is 10.1. The minimum Gasteiger partial charge on any atom is -0.496 e. The fourth-order valence-corrected chi connectivity index (χ4v) is 3.07. The lowest BCUT2D eigenvalue weighted by Crippen LogP contribution is -2.33. The Bertz CT molecular complexity index is 1050. The van der Waals surface area contributed by atoms with Crippen LogP contribution in [0.1, 0.15) is 17.7 Å². The van der Waals surface area contributed by atoms with E-state index in [1.807, 2.05) is 24.3 Å². The van der Waals surface area contributed by atoms with Gasteiger partial charge in [-0.25, -0.2) is 0 Å². The highest BCUT2D eigenvalue weighted by atomic mass is 16.5. The molecule has 3 aromatic rings. The number of nitrogens with zero attached hydrogens (tertiary/aromatic N) is 3. The van der Waals surface area contributed by atoms with Crippen LogP contribution in [0.5, 0.6) is 5.75 Å². The maximum absolute atomic E-state index is 12.6. The number of anilines is 1. The van der Waals surface area contributed by atoms with E-state index in [4.69, 9.17) is 15.6 Å². The molecule has 160 valence electrons. The first-order valence-corrected chi connectivity index (χ1v) is 9.77. The molecule has 0 aliphatic rings. The summed E-state index contributed by atoms with van der Waals surface area (Å²) in [6, 6.07) is 11.1. The minimum absolute atomic E-state index is 0.000523. The molecule has 0 saturated carbocycles. The van der Waals surface area contributed by atoms with Crippen LogP contribution in [0.2, 0.25) is 0 Å². The van der Waals surface area contributed by atoms with Gasteiger partial charge in [-0.1, -0.05) is 24.1 Å². The Morgan fingerprint density at radius 3 is 2.87 bits per heavy atom. The van der Waals surface area contributed by atoms with Crippen LogP contribution in [-0.2, 0) is 29.1 Å². The van der Waals surface area contributed by atoms with E-state index in [1.54, 1.807) is 31.7 Å². The number of terminal acetylenes is 1. The van der Waals surface area contributed by atoms with Gasteiger partial charge in [-0.15, -0.1) is 6.42 Å². The largest absolute Gasteiger partial charge is 0.496 e. The molecule has 0 radical (unpaired) electrons. The molecule has 31 heavy (non-hydrogen) atoms. The maximum Gasteiger partial charge on any atom is 0.245 e. The molecule has 0 aliphatic carbocycles. The van der Waals surface area contributed by atoms with Crippen molar-refractivity contribution in [3.63, 3.8) is 0 Å². The molecule has 0 atom stereocenters. The average molecular weight is 420 g/mol. The summed E-state index contributed by atoms with van der Waals surface area (Å²) in [7, 11) is 1.61. The summed E-state index contributed by atoms with van der Waals surface area (Å²) < 4.78 is 12.1. The van der Waals surface area contributed by atoms with Crippen molar-refractivity contribution in [2.75, 3.05) is 19.0 Å². The van der Waals surface area contributed by atoms with Crippen molar-refractivity contribution in [3.8, 4) is 18.1 Å². The second-order valence-corrected chi connectivity index (χ2v) is 6.82. The van der Waals surface area contributed by atoms with Gasteiger partial charge in [0.2, 0.25) is 11.8 Å². The van der Waals surface area contributed by atoms with Crippen LogP contribution < -0.4 is 10.1 Å². The first kappa shape index (κ1) is 21.7. The van der Waals surface area contributed by atoms with Gasteiger partial charge in [0, 0.05) is 12.6 Å². The second kappa shape index (κ2) is 10.7. The Kier molecular flexibility index (Phi) is 7.49. The van der Waals surface area contributed by atoms with E-state index in [0.29, 0.717) is 24.3 Å². The Hall–Kier alpha value is -3.99. The number of aromatic nitrogens is 2. The summed E-state index contributed by atoms with van der Waals surface area (Å²) in [4.78, 5) is 26.4. The van der Waals surface area contributed by atoms with Gasteiger partial charge in [0.05, 0.1) is 38.3 Å². The van der Waals surface area contributed by atoms with Gasteiger partial charge >= 0.3 is 0 Å². The topological polar surface area (TPSA) is 89.6 Å². The molecule has 2 amide bonds. The third-order valence-electron chi connectivity index (χ3n) is 4.59. The average Bonchev–Trinajstić information content (AvgIpc) is 3.44. The molecule has 1 N–H and O–H groups in total. The molecule has 0 fully saturated rings. The summed E-state index contributed by atoms with van der Waals surface area (Å²) in [6.07, 6.45) is 10.9. The number of para-hydroxylation sites is 1. The van der Waals surface area contributed by atoms with Crippen molar-refractivity contribution >= 4 is 17.5 Å². The molecule has 0 aliphatic heterocycles. The number of benzene rings is 1. The van der Waals surface area contributed by atoms with Crippen LogP contribution in [0, 0.1) is 12.3 Å². The van der Waals surface area contributed by atoms with Crippen LogP contribution in [0.25, 0.3) is 0 Å². The Labute approximate surface area is 180 Å². The number of ether oxygens (including phenoxy) is 1. The van der Waals surface area contributed by atoms with Gasteiger partial charge in [0.15, 0.2) is 0 Å². The molecular formula is C23H24N4O4. The summed E-state index contributed by atoms with van der Waals surface area (Å²) in [5.41, 5.74) is 1.49. The maximum atomic E-state index is 12.6. The van der Waals surface area contributed by atoms with Crippen LogP contribution in [0.4, 0.5) is 5.69 Å². The third kappa shape index (κ3) is 6.24. The number of methoxy groups -OCH3 is 1. The lowest BCUT2D eigenvalue weighted by molar-refractivity contribution is -0.132. The highest BCUT2D eigenvalue weighted by Gasteiger charge is 2.16. The van der Waals surface area contributed by atoms with Crippen LogP contribution in [-0.4, -0.2) is 40.1 Å². The molecular weight excluding hydrogens is 396 g/mol. The zero-order valence-corrected chi connectivity index (χ0v) is 17.3.